The molecule has 4 rings (SSSR count). The summed E-state index contributed by atoms with van der Waals surface area (Å²) >= 11 is 12.0. The lowest BCUT2D eigenvalue weighted by molar-refractivity contribution is 0.384. The van der Waals surface area contributed by atoms with Gasteiger partial charge in [-0.2, -0.15) is 0 Å². The smallest absolute Gasteiger partial charge is 0.191 e. The SMILES string of the molecule is NC(=NCc1ccc(Cl)cc1)N1CCc2c([nH]c3ccc(Cl)cc23)C1. The van der Waals surface area contributed by atoms with Crippen molar-refractivity contribution in [1.29, 1.82) is 0 Å². The third-order valence-corrected chi connectivity index (χ3v) is 5.09. The number of hydrogen-bond acceptors (Lipinski definition) is 1. The van der Waals surface area contributed by atoms with E-state index in [0.29, 0.717) is 12.5 Å². The molecule has 0 spiro atoms. The van der Waals surface area contributed by atoms with E-state index in [1.54, 1.807) is 0 Å². The summed E-state index contributed by atoms with van der Waals surface area (Å²) in [6.45, 7) is 2.13. The molecule has 0 saturated heterocycles. The normalized spacial score (nSPS) is 14.8. The van der Waals surface area contributed by atoms with Gasteiger partial charge in [-0.1, -0.05) is 35.3 Å². The van der Waals surface area contributed by atoms with Gasteiger partial charge < -0.3 is 15.6 Å². The summed E-state index contributed by atoms with van der Waals surface area (Å²) in [5.74, 6) is 0.567. The fourth-order valence-corrected chi connectivity index (χ4v) is 3.57. The molecule has 0 atom stereocenters. The van der Waals surface area contributed by atoms with Crippen molar-refractivity contribution >= 4 is 40.1 Å². The number of aliphatic imine (C=N–C) groups is 1. The predicted octanol–water partition coefficient (Wildman–Crippen LogP) is 4.35. The van der Waals surface area contributed by atoms with Gasteiger partial charge in [0.1, 0.15) is 0 Å². The van der Waals surface area contributed by atoms with E-state index in [2.05, 4.69) is 14.9 Å². The second kappa shape index (κ2) is 6.62. The molecule has 1 aromatic heterocycles. The van der Waals surface area contributed by atoms with Crippen LogP contribution in [-0.4, -0.2) is 22.4 Å². The number of hydrogen-bond donors (Lipinski definition) is 2. The number of aromatic nitrogens is 1. The van der Waals surface area contributed by atoms with Crippen molar-refractivity contribution in [3.63, 3.8) is 0 Å². The molecule has 1 aliphatic rings. The summed E-state index contributed by atoms with van der Waals surface area (Å²) in [6, 6.07) is 13.6. The van der Waals surface area contributed by atoms with Gasteiger partial charge in [0, 0.05) is 33.2 Å². The number of nitrogens with zero attached hydrogens (tertiary/aromatic N) is 2. The van der Waals surface area contributed by atoms with Gasteiger partial charge in [0.15, 0.2) is 5.96 Å². The molecule has 0 amide bonds. The minimum Gasteiger partial charge on any atom is -0.370 e. The molecule has 0 radical (unpaired) electrons. The Labute approximate surface area is 156 Å². The number of nitrogens with two attached hydrogens (primary N) is 1. The first-order valence-corrected chi connectivity index (χ1v) is 8.94. The van der Waals surface area contributed by atoms with Crippen LogP contribution in [0.2, 0.25) is 10.0 Å². The molecule has 2 heterocycles. The zero-order valence-electron chi connectivity index (χ0n) is 13.6. The Morgan fingerprint density at radius 3 is 2.68 bits per heavy atom. The Bertz CT molecular complexity index is 944. The lowest BCUT2D eigenvalue weighted by Gasteiger charge is -2.28. The second-order valence-corrected chi connectivity index (χ2v) is 7.12. The van der Waals surface area contributed by atoms with Crippen molar-refractivity contribution in [3.05, 3.63) is 69.3 Å². The minimum absolute atomic E-state index is 0.550. The van der Waals surface area contributed by atoms with Crippen LogP contribution in [0, 0.1) is 0 Å². The molecule has 25 heavy (non-hydrogen) atoms. The molecular weight excluding hydrogens is 355 g/mol. The molecule has 0 unspecified atom stereocenters. The monoisotopic (exact) mass is 372 g/mol. The summed E-state index contributed by atoms with van der Waals surface area (Å²) in [4.78, 5) is 10.1. The van der Waals surface area contributed by atoms with E-state index in [4.69, 9.17) is 28.9 Å². The standard InChI is InChI=1S/C19H18Cl2N4/c20-13-3-1-12(2-4-13)10-23-19(22)25-8-7-15-16-9-14(21)5-6-17(16)24-18(15)11-25/h1-6,9,24H,7-8,10-11H2,(H2,22,23). The van der Waals surface area contributed by atoms with Crippen molar-refractivity contribution in [1.82, 2.24) is 9.88 Å². The van der Waals surface area contributed by atoms with Crippen molar-refractivity contribution < 1.29 is 0 Å². The van der Waals surface area contributed by atoms with Gasteiger partial charge in [-0.25, -0.2) is 4.99 Å². The van der Waals surface area contributed by atoms with Gasteiger partial charge in [-0.3, -0.25) is 0 Å². The summed E-state index contributed by atoms with van der Waals surface area (Å²) < 4.78 is 0. The van der Waals surface area contributed by atoms with Gasteiger partial charge in [0.25, 0.3) is 0 Å². The summed E-state index contributed by atoms with van der Waals surface area (Å²) in [5, 5.41) is 2.70. The summed E-state index contributed by atoms with van der Waals surface area (Å²) in [7, 11) is 0. The molecule has 0 bridgehead atoms. The first kappa shape index (κ1) is 16.3. The predicted molar refractivity (Wildman–Crippen MR) is 104 cm³/mol. The summed E-state index contributed by atoms with van der Waals surface area (Å²) in [6.07, 6.45) is 0.923. The molecule has 1 aliphatic heterocycles. The van der Waals surface area contributed by atoms with Gasteiger partial charge in [0.05, 0.1) is 13.1 Å². The zero-order valence-corrected chi connectivity index (χ0v) is 15.1. The van der Waals surface area contributed by atoms with Crippen LogP contribution in [0.3, 0.4) is 0 Å². The fourth-order valence-electron chi connectivity index (χ4n) is 3.27. The van der Waals surface area contributed by atoms with Crippen LogP contribution in [0.5, 0.6) is 0 Å². The molecular formula is C19H18Cl2N4. The van der Waals surface area contributed by atoms with Crippen LogP contribution in [0.1, 0.15) is 16.8 Å². The molecule has 0 aliphatic carbocycles. The number of nitrogens with one attached hydrogen (secondary N) is 1. The Morgan fingerprint density at radius 2 is 1.88 bits per heavy atom. The number of guanidine groups is 1. The third-order valence-electron chi connectivity index (χ3n) is 4.60. The van der Waals surface area contributed by atoms with Crippen LogP contribution in [0.4, 0.5) is 0 Å². The highest BCUT2D eigenvalue weighted by Crippen LogP contribution is 2.29. The Hall–Kier alpha value is -2.17. The van der Waals surface area contributed by atoms with Gasteiger partial charge in [-0.05, 0) is 47.9 Å². The van der Waals surface area contributed by atoms with Crippen molar-refractivity contribution in [2.75, 3.05) is 6.54 Å². The number of rotatable bonds is 2. The van der Waals surface area contributed by atoms with Gasteiger partial charge in [0.2, 0.25) is 0 Å². The molecule has 128 valence electrons. The molecule has 3 N–H and O–H groups in total. The number of halogens is 2. The van der Waals surface area contributed by atoms with E-state index in [0.717, 1.165) is 40.6 Å². The Balaban J connectivity index is 1.52. The zero-order chi connectivity index (χ0) is 17.4. The number of H-pyrrole nitrogens is 1. The number of benzene rings is 2. The van der Waals surface area contributed by atoms with Crippen molar-refractivity contribution in [2.24, 2.45) is 10.7 Å². The average Bonchev–Trinajstić information content (AvgIpc) is 2.98. The van der Waals surface area contributed by atoms with Gasteiger partial charge >= 0.3 is 0 Å². The van der Waals surface area contributed by atoms with E-state index in [9.17, 15) is 0 Å². The quantitative estimate of drug-likeness (QED) is 0.518. The van der Waals surface area contributed by atoms with Gasteiger partial charge in [-0.15, -0.1) is 0 Å². The maximum Gasteiger partial charge on any atom is 0.191 e. The van der Waals surface area contributed by atoms with E-state index in [1.165, 1.54) is 16.6 Å². The van der Waals surface area contributed by atoms with Crippen LogP contribution < -0.4 is 5.73 Å². The van der Waals surface area contributed by atoms with Crippen molar-refractivity contribution in [3.8, 4) is 0 Å². The van der Waals surface area contributed by atoms with E-state index < -0.39 is 0 Å². The Morgan fingerprint density at radius 1 is 1.12 bits per heavy atom. The topological polar surface area (TPSA) is 57.4 Å². The highest BCUT2D eigenvalue weighted by Gasteiger charge is 2.21. The summed E-state index contributed by atoms with van der Waals surface area (Å²) in [5.41, 5.74) is 10.9. The van der Waals surface area contributed by atoms with Crippen molar-refractivity contribution in [2.45, 2.75) is 19.5 Å². The molecule has 2 aromatic carbocycles. The van der Waals surface area contributed by atoms with E-state index in [1.807, 2.05) is 42.5 Å². The maximum atomic E-state index is 6.22. The van der Waals surface area contributed by atoms with Crippen LogP contribution in [0.25, 0.3) is 10.9 Å². The first-order valence-electron chi connectivity index (χ1n) is 8.18. The highest BCUT2D eigenvalue weighted by atomic mass is 35.5. The molecule has 3 aromatic rings. The lowest BCUT2D eigenvalue weighted by Crippen LogP contribution is -2.40. The molecule has 0 saturated carbocycles. The fraction of sp³-hybridized carbons (Fsp3) is 0.211. The second-order valence-electron chi connectivity index (χ2n) is 6.24. The van der Waals surface area contributed by atoms with Crippen LogP contribution in [-0.2, 0) is 19.5 Å². The maximum absolute atomic E-state index is 6.22. The molecule has 4 nitrogen and oxygen atoms in total. The molecule has 0 fully saturated rings. The van der Waals surface area contributed by atoms with E-state index in [-0.39, 0.29) is 0 Å². The first-order chi connectivity index (χ1) is 12.1. The van der Waals surface area contributed by atoms with E-state index >= 15 is 0 Å². The van der Waals surface area contributed by atoms with Crippen LogP contribution in [0.15, 0.2) is 47.5 Å². The number of fused-ring (bicyclic) bond motifs is 3. The number of aromatic amines is 1. The Kier molecular flexibility index (Phi) is 4.32. The average molecular weight is 373 g/mol. The van der Waals surface area contributed by atoms with Crippen LogP contribution >= 0.6 is 23.2 Å². The minimum atomic E-state index is 0.550. The molecule has 6 heteroatoms. The largest absolute Gasteiger partial charge is 0.370 e. The highest BCUT2D eigenvalue weighted by molar-refractivity contribution is 6.31. The lowest BCUT2D eigenvalue weighted by atomic mass is 10.0. The third kappa shape index (κ3) is 3.32.